The van der Waals surface area contributed by atoms with E-state index in [4.69, 9.17) is 4.74 Å². The van der Waals surface area contributed by atoms with Gasteiger partial charge >= 0.3 is 6.03 Å². The molecule has 0 bridgehead atoms. The van der Waals surface area contributed by atoms with Crippen molar-refractivity contribution in [3.8, 4) is 5.75 Å². The molecule has 146 valence electrons. The van der Waals surface area contributed by atoms with Crippen LogP contribution in [0.1, 0.15) is 13.8 Å². The zero-order chi connectivity index (χ0) is 20.1. The SMILES string of the molecule is COc1ccc2nc(NC(=O)C(NC(=O)Nc3ccccc3)C(C)C)sc2c1. The van der Waals surface area contributed by atoms with Crippen molar-refractivity contribution in [2.75, 3.05) is 17.7 Å². The van der Waals surface area contributed by atoms with Crippen LogP contribution in [0.5, 0.6) is 5.75 Å². The lowest BCUT2D eigenvalue weighted by atomic mass is 10.0. The van der Waals surface area contributed by atoms with E-state index >= 15 is 0 Å². The molecular formula is C20H22N4O3S. The van der Waals surface area contributed by atoms with Crippen molar-refractivity contribution in [1.29, 1.82) is 0 Å². The van der Waals surface area contributed by atoms with Crippen LogP contribution in [0, 0.1) is 5.92 Å². The van der Waals surface area contributed by atoms with Gasteiger partial charge < -0.3 is 20.7 Å². The van der Waals surface area contributed by atoms with Gasteiger partial charge in [-0.05, 0) is 36.2 Å². The van der Waals surface area contributed by atoms with Crippen LogP contribution in [0.3, 0.4) is 0 Å². The molecule has 3 aromatic rings. The Labute approximate surface area is 167 Å². The highest BCUT2D eigenvalue weighted by Crippen LogP contribution is 2.29. The van der Waals surface area contributed by atoms with Crippen LogP contribution in [-0.4, -0.2) is 30.1 Å². The van der Waals surface area contributed by atoms with E-state index < -0.39 is 12.1 Å². The number of nitrogens with zero attached hydrogens (tertiary/aromatic N) is 1. The molecule has 8 heteroatoms. The molecule has 3 N–H and O–H groups in total. The molecule has 0 aliphatic heterocycles. The molecule has 1 unspecified atom stereocenters. The maximum atomic E-state index is 12.7. The van der Waals surface area contributed by atoms with Crippen molar-refractivity contribution in [2.45, 2.75) is 19.9 Å². The molecule has 0 saturated heterocycles. The van der Waals surface area contributed by atoms with Crippen LogP contribution in [-0.2, 0) is 4.79 Å². The second kappa shape index (κ2) is 8.71. The number of benzene rings is 2. The number of carbonyl (C=O) groups excluding carboxylic acids is 2. The van der Waals surface area contributed by atoms with E-state index in [0.717, 1.165) is 16.0 Å². The molecule has 0 radical (unpaired) electrons. The summed E-state index contributed by atoms with van der Waals surface area (Å²) >= 11 is 1.35. The first kappa shape index (κ1) is 19.6. The second-order valence-electron chi connectivity index (χ2n) is 6.53. The fourth-order valence-corrected chi connectivity index (χ4v) is 3.53. The van der Waals surface area contributed by atoms with Crippen LogP contribution in [0.15, 0.2) is 48.5 Å². The number of carbonyl (C=O) groups is 2. The lowest BCUT2D eigenvalue weighted by Gasteiger charge is -2.21. The minimum Gasteiger partial charge on any atom is -0.497 e. The van der Waals surface area contributed by atoms with Crippen molar-refractivity contribution in [3.05, 3.63) is 48.5 Å². The molecule has 2 aromatic carbocycles. The maximum Gasteiger partial charge on any atom is 0.319 e. The van der Waals surface area contributed by atoms with Gasteiger partial charge in [0.15, 0.2) is 5.13 Å². The Kier molecular flexibility index (Phi) is 6.10. The number of nitrogens with one attached hydrogen (secondary N) is 3. The molecular weight excluding hydrogens is 376 g/mol. The zero-order valence-electron chi connectivity index (χ0n) is 15.9. The summed E-state index contributed by atoms with van der Waals surface area (Å²) in [5, 5.41) is 8.74. The number of aromatic nitrogens is 1. The van der Waals surface area contributed by atoms with Gasteiger partial charge in [0, 0.05) is 5.69 Å². The Morgan fingerprint density at radius 2 is 1.82 bits per heavy atom. The number of para-hydroxylation sites is 1. The van der Waals surface area contributed by atoms with Crippen LogP contribution < -0.4 is 20.7 Å². The molecule has 0 aliphatic rings. The van der Waals surface area contributed by atoms with Gasteiger partial charge in [0.2, 0.25) is 5.91 Å². The Morgan fingerprint density at radius 1 is 1.07 bits per heavy atom. The lowest BCUT2D eigenvalue weighted by molar-refractivity contribution is -0.118. The monoisotopic (exact) mass is 398 g/mol. The Balaban J connectivity index is 1.68. The zero-order valence-corrected chi connectivity index (χ0v) is 16.7. The molecule has 1 atom stereocenters. The molecule has 0 fully saturated rings. The minimum atomic E-state index is -0.703. The summed E-state index contributed by atoms with van der Waals surface area (Å²) in [6.07, 6.45) is 0. The molecule has 1 aromatic heterocycles. The van der Waals surface area contributed by atoms with E-state index in [1.807, 2.05) is 50.2 Å². The van der Waals surface area contributed by atoms with Crippen molar-refractivity contribution in [3.63, 3.8) is 0 Å². The molecule has 28 heavy (non-hydrogen) atoms. The van der Waals surface area contributed by atoms with Gasteiger partial charge in [-0.1, -0.05) is 43.4 Å². The normalized spacial score (nSPS) is 11.9. The number of urea groups is 1. The number of methoxy groups -OCH3 is 1. The predicted octanol–water partition coefficient (Wildman–Crippen LogP) is 4.09. The van der Waals surface area contributed by atoms with Crippen molar-refractivity contribution in [2.24, 2.45) is 5.92 Å². The first-order chi connectivity index (χ1) is 13.5. The summed E-state index contributed by atoms with van der Waals surface area (Å²) in [5.74, 6) is 0.313. The van der Waals surface area contributed by atoms with E-state index in [1.165, 1.54) is 11.3 Å². The first-order valence-corrected chi connectivity index (χ1v) is 9.66. The van der Waals surface area contributed by atoms with E-state index in [2.05, 4.69) is 20.9 Å². The standard InChI is InChI=1S/C20H22N4O3S/c1-12(2)17(23-19(26)21-13-7-5-4-6-8-13)18(25)24-20-22-15-10-9-14(27-3)11-16(15)28-20/h4-12,17H,1-3H3,(H2,21,23,26)(H,22,24,25). The molecule has 1 heterocycles. The molecule has 0 saturated carbocycles. The topological polar surface area (TPSA) is 92.3 Å². The molecule has 0 spiro atoms. The highest BCUT2D eigenvalue weighted by molar-refractivity contribution is 7.22. The lowest BCUT2D eigenvalue weighted by Crippen LogP contribution is -2.48. The Bertz CT molecular complexity index is 972. The number of amides is 3. The van der Waals surface area contributed by atoms with E-state index in [-0.39, 0.29) is 11.8 Å². The predicted molar refractivity (Wildman–Crippen MR) is 112 cm³/mol. The van der Waals surface area contributed by atoms with E-state index in [9.17, 15) is 9.59 Å². The third kappa shape index (κ3) is 4.77. The smallest absolute Gasteiger partial charge is 0.319 e. The van der Waals surface area contributed by atoms with E-state index in [0.29, 0.717) is 10.8 Å². The Hall–Kier alpha value is -3.13. The summed E-state index contributed by atoms with van der Waals surface area (Å²) in [5.41, 5.74) is 1.43. The number of ether oxygens (including phenoxy) is 1. The fourth-order valence-electron chi connectivity index (χ4n) is 2.63. The molecule has 3 amide bonds. The summed E-state index contributed by atoms with van der Waals surface area (Å²) in [7, 11) is 1.60. The molecule has 3 rings (SSSR count). The number of rotatable bonds is 6. The summed E-state index contributed by atoms with van der Waals surface area (Å²) < 4.78 is 6.12. The van der Waals surface area contributed by atoms with E-state index in [1.54, 1.807) is 19.2 Å². The van der Waals surface area contributed by atoms with Crippen LogP contribution in [0.25, 0.3) is 10.2 Å². The number of hydrogen-bond acceptors (Lipinski definition) is 5. The van der Waals surface area contributed by atoms with Gasteiger partial charge in [-0.3, -0.25) is 4.79 Å². The quantitative estimate of drug-likeness (QED) is 0.583. The third-order valence-electron chi connectivity index (χ3n) is 4.09. The summed E-state index contributed by atoms with van der Waals surface area (Å²) in [4.78, 5) is 29.4. The maximum absolute atomic E-state index is 12.7. The summed E-state index contributed by atoms with van der Waals surface area (Å²) in [6, 6.07) is 13.5. The van der Waals surface area contributed by atoms with Crippen molar-refractivity contribution >= 4 is 44.3 Å². The average Bonchev–Trinajstić information content (AvgIpc) is 3.07. The number of anilines is 2. The largest absolute Gasteiger partial charge is 0.497 e. The van der Waals surface area contributed by atoms with Gasteiger partial charge in [-0.2, -0.15) is 0 Å². The third-order valence-corrected chi connectivity index (χ3v) is 5.03. The Morgan fingerprint density at radius 3 is 2.50 bits per heavy atom. The number of fused-ring (bicyclic) bond motifs is 1. The van der Waals surface area contributed by atoms with Gasteiger partial charge in [0.1, 0.15) is 11.8 Å². The molecule has 0 aliphatic carbocycles. The first-order valence-electron chi connectivity index (χ1n) is 8.84. The number of hydrogen-bond donors (Lipinski definition) is 3. The highest BCUT2D eigenvalue weighted by Gasteiger charge is 2.25. The van der Waals surface area contributed by atoms with Gasteiger partial charge in [0.25, 0.3) is 0 Å². The van der Waals surface area contributed by atoms with Crippen LogP contribution >= 0.6 is 11.3 Å². The summed E-state index contributed by atoms with van der Waals surface area (Å²) in [6.45, 7) is 3.74. The van der Waals surface area contributed by atoms with Gasteiger partial charge in [0.05, 0.1) is 17.3 Å². The highest BCUT2D eigenvalue weighted by atomic mass is 32.1. The van der Waals surface area contributed by atoms with Crippen molar-refractivity contribution < 1.29 is 14.3 Å². The molecule has 7 nitrogen and oxygen atoms in total. The van der Waals surface area contributed by atoms with Crippen LogP contribution in [0.4, 0.5) is 15.6 Å². The van der Waals surface area contributed by atoms with Crippen molar-refractivity contribution in [1.82, 2.24) is 10.3 Å². The van der Waals surface area contributed by atoms with Gasteiger partial charge in [-0.25, -0.2) is 9.78 Å². The number of thiazole rings is 1. The average molecular weight is 398 g/mol. The fraction of sp³-hybridized carbons (Fsp3) is 0.250. The minimum absolute atomic E-state index is 0.101. The van der Waals surface area contributed by atoms with Gasteiger partial charge in [-0.15, -0.1) is 0 Å². The van der Waals surface area contributed by atoms with Crippen LogP contribution in [0.2, 0.25) is 0 Å². The second-order valence-corrected chi connectivity index (χ2v) is 7.56.